The Bertz CT molecular complexity index is 1560. The first kappa shape index (κ1) is 33.0. The molecule has 1 N–H and O–H groups in total. The van der Waals surface area contributed by atoms with E-state index in [-0.39, 0.29) is 31.0 Å². The molecule has 0 fully saturated rings. The lowest BCUT2D eigenvalue weighted by molar-refractivity contribution is -0.757. The predicted octanol–water partition coefficient (Wildman–Crippen LogP) is 5.09. The fourth-order valence-corrected chi connectivity index (χ4v) is 4.85. The number of aromatic nitrogens is 1. The van der Waals surface area contributed by atoms with Crippen molar-refractivity contribution in [2.75, 3.05) is 19.5 Å². The molecule has 43 heavy (non-hydrogen) atoms. The summed E-state index contributed by atoms with van der Waals surface area (Å²) in [6, 6.07) is 12.1. The molecule has 1 atom stereocenters. The number of amides is 1. The maximum Gasteiger partial charge on any atom is 0.408 e. The second-order valence-electron chi connectivity index (χ2n) is 10.7. The van der Waals surface area contributed by atoms with Crippen LogP contribution in [-0.4, -0.2) is 55.2 Å². The number of benzene rings is 2. The molecule has 0 aliphatic rings. The van der Waals surface area contributed by atoms with Crippen molar-refractivity contribution in [3.8, 4) is 16.9 Å². The van der Waals surface area contributed by atoms with Gasteiger partial charge in [-0.2, -0.15) is 0 Å². The van der Waals surface area contributed by atoms with Crippen LogP contribution in [0.5, 0.6) is 0 Å². The number of alkyl carbamates (subject to hydrolysis) is 1. The van der Waals surface area contributed by atoms with Gasteiger partial charge in [0.25, 0.3) is 5.09 Å². The number of unbranched alkanes of at least 4 members (excludes halogenated alkanes) is 1. The molecule has 14 heteroatoms. The van der Waals surface area contributed by atoms with Gasteiger partial charge in [0.1, 0.15) is 11.4 Å². The topological polar surface area (TPSA) is 156 Å². The first-order valence-electron chi connectivity index (χ1n) is 13.3. The van der Waals surface area contributed by atoms with E-state index in [1.807, 2.05) is 0 Å². The second kappa shape index (κ2) is 13.7. The Labute approximate surface area is 248 Å². The number of carbonyl (C=O) groups excluding carboxylic acids is 2. The quantitative estimate of drug-likeness (QED) is 0.126. The largest absolute Gasteiger partial charge is 0.464 e. The molecular formula is C29H34FN3O9S. The van der Waals surface area contributed by atoms with Crippen molar-refractivity contribution in [3.05, 3.63) is 81.8 Å². The van der Waals surface area contributed by atoms with Crippen LogP contribution in [-0.2, 0) is 28.9 Å². The highest BCUT2D eigenvalue weighted by Crippen LogP contribution is 2.34. The fraction of sp³-hybridized carbons (Fsp3) is 0.379. The molecule has 1 amide bonds. The van der Waals surface area contributed by atoms with Crippen LogP contribution >= 0.6 is 0 Å². The molecule has 0 bridgehead atoms. The molecule has 0 aliphatic carbocycles. The zero-order chi connectivity index (χ0) is 31.9. The van der Waals surface area contributed by atoms with Gasteiger partial charge in [-0.15, -0.1) is 10.1 Å². The zero-order valence-electron chi connectivity index (χ0n) is 24.5. The number of halogens is 1. The van der Waals surface area contributed by atoms with Crippen molar-refractivity contribution >= 4 is 21.9 Å². The van der Waals surface area contributed by atoms with E-state index in [0.717, 1.165) is 6.26 Å². The fourth-order valence-electron chi connectivity index (χ4n) is 4.21. The first-order chi connectivity index (χ1) is 20.1. The number of sulfone groups is 1. The molecule has 1 heterocycles. The Balaban J connectivity index is 2.06. The van der Waals surface area contributed by atoms with Gasteiger partial charge in [0.15, 0.2) is 15.9 Å². The van der Waals surface area contributed by atoms with Crippen molar-refractivity contribution in [2.24, 2.45) is 0 Å². The second-order valence-corrected chi connectivity index (χ2v) is 12.7. The monoisotopic (exact) mass is 619 g/mol. The number of hydrogen-bond acceptors (Lipinski definition) is 9. The van der Waals surface area contributed by atoms with Gasteiger partial charge in [0, 0.05) is 23.2 Å². The van der Waals surface area contributed by atoms with Gasteiger partial charge in [0.2, 0.25) is 0 Å². The van der Waals surface area contributed by atoms with Crippen molar-refractivity contribution in [2.45, 2.75) is 57.1 Å². The summed E-state index contributed by atoms with van der Waals surface area (Å²) in [5.74, 6) is -1.26. The van der Waals surface area contributed by atoms with E-state index in [2.05, 4.69) is 10.2 Å². The molecule has 0 saturated heterocycles. The Kier molecular flexibility index (Phi) is 10.5. The van der Waals surface area contributed by atoms with Crippen molar-refractivity contribution in [1.29, 1.82) is 0 Å². The number of rotatable bonds is 12. The van der Waals surface area contributed by atoms with E-state index < -0.39 is 44.4 Å². The summed E-state index contributed by atoms with van der Waals surface area (Å²) >= 11 is 0. The van der Waals surface area contributed by atoms with Crippen LogP contribution in [0.1, 0.15) is 50.9 Å². The standard InChI is InChI=1S/C29H34FN3O9S/c1-19-24(26(31-28(35)42-29(2,3)4)27(34)40-16-6-7-17-41-33(36)37)18-25(32(19)22-12-10-21(30)11-13-22)20-8-14-23(15-9-20)43(5,38)39/h8-15,18,26H,6-7,16-17H2,1-5H3,(H,31,35). The summed E-state index contributed by atoms with van der Waals surface area (Å²) < 4.78 is 50.4. The highest BCUT2D eigenvalue weighted by atomic mass is 32.2. The summed E-state index contributed by atoms with van der Waals surface area (Å²) in [5.41, 5.74) is 1.64. The number of nitrogens with zero attached hydrogens (tertiary/aromatic N) is 2. The van der Waals surface area contributed by atoms with E-state index in [4.69, 9.17) is 9.47 Å². The molecule has 2 aromatic carbocycles. The third-order valence-electron chi connectivity index (χ3n) is 6.14. The summed E-state index contributed by atoms with van der Waals surface area (Å²) in [5, 5.41) is 12.0. The lowest BCUT2D eigenvalue weighted by Crippen LogP contribution is -2.39. The molecule has 0 aliphatic heterocycles. The van der Waals surface area contributed by atoms with Crippen LogP contribution in [0.25, 0.3) is 16.9 Å². The van der Waals surface area contributed by atoms with Crippen LogP contribution in [0.4, 0.5) is 9.18 Å². The minimum absolute atomic E-state index is 0.0933. The molecule has 3 rings (SSSR count). The number of nitrogens with one attached hydrogen (secondary N) is 1. The summed E-state index contributed by atoms with van der Waals surface area (Å²) in [6.07, 6.45) is 0.749. The normalized spacial score (nSPS) is 12.3. The van der Waals surface area contributed by atoms with E-state index in [0.29, 0.717) is 28.2 Å². The number of esters is 1. The molecule has 3 aromatic rings. The Hall–Kier alpha value is -4.46. The number of hydrogen-bond donors (Lipinski definition) is 1. The van der Waals surface area contributed by atoms with Crippen LogP contribution in [0.3, 0.4) is 0 Å². The highest BCUT2D eigenvalue weighted by Gasteiger charge is 2.31. The Morgan fingerprint density at radius 2 is 1.65 bits per heavy atom. The maximum absolute atomic E-state index is 13.8. The summed E-state index contributed by atoms with van der Waals surface area (Å²) in [6.45, 7) is 6.46. The molecule has 0 saturated carbocycles. The minimum atomic E-state index is -3.46. The van der Waals surface area contributed by atoms with Gasteiger partial charge in [-0.1, -0.05) is 12.1 Å². The minimum Gasteiger partial charge on any atom is -0.464 e. The Morgan fingerprint density at radius 1 is 1.05 bits per heavy atom. The summed E-state index contributed by atoms with van der Waals surface area (Å²) in [4.78, 5) is 40.9. The SMILES string of the molecule is Cc1c(C(NC(=O)OC(C)(C)C)C(=O)OCCCCO[N+](=O)[O-])cc(-c2ccc(S(C)(=O)=O)cc2)n1-c1ccc(F)cc1. The molecule has 1 unspecified atom stereocenters. The third kappa shape index (κ3) is 9.26. The van der Waals surface area contributed by atoms with Crippen LogP contribution in [0.15, 0.2) is 59.5 Å². The smallest absolute Gasteiger partial charge is 0.408 e. The number of ether oxygens (including phenoxy) is 2. The maximum atomic E-state index is 13.8. The van der Waals surface area contributed by atoms with E-state index in [9.17, 15) is 32.5 Å². The lowest BCUT2D eigenvalue weighted by atomic mass is 10.1. The highest BCUT2D eigenvalue weighted by molar-refractivity contribution is 7.90. The van der Waals surface area contributed by atoms with Gasteiger partial charge in [0.05, 0.1) is 23.8 Å². The predicted molar refractivity (Wildman–Crippen MR) is 154 cm³/mol. The van der Waals surface area contributed by atoms with Crippen LogP contribution in [0, 0.1) is 22.9 Å². The molecular weight excluding hydrogens is 585 g/mol. The zero-order valence-corrected chi connectivity index (χ0v) is 25.3. The van der Waals surface area contributed by atoms with Crippen LogP contribution in [0.2, 0.25) is 0 Å². The van der Waals surface area contributed by atoms with E-state index in [1.165, 1.54) is 24.3 Å². The molecule has 232 valence electrons. The third-order valence-corrected chi connectivity index (χ3v) is 7.27. The van der Waals surface area contributed by atoms with Gasteiger partial charge < -0.3 is 24.2 Å². The first-order valence-corrected chi connectivity index (χ1v) is 15.2. The molecule has 12 nitrogen and oxygen atoms in total. The van der Waals surface area contributed by atoms with Crippen molar-refractivity contribution in [3.63, 3.8) is 0 Å². The average Bonchev–Trinajstić information content (AvgIpc) is 3.24. The number of carbonyl (C=O) groups is 2. The van der Waals surface area contributed by atoms with Gasteiger partial charge in [-0.05, 0) is 88.6 Å². The van der Waals surface area contributed by atoms with Crippen LogP contribution < -0.4 is 5.32 Å². The Morgan fingerprint density at radius 3 is 2.21 bits per heavy atom. The van der Waals surface area contributed by atoms with Crippen molar-refractivity contribution < 1.29 is 41.8 Å². The molecule has 1 aromatic heterocycles. The van der Waals surface area contributed by atoms with Gasteiger partial charge in [-0.25, -0.2) is 22.4 Å². The summed E-state index contributed by atoms with van der Waals surface area (Å²) in [7, 11) is -3.46. The molecule has 0 radical (unpaired) electrons. The average molecular weight is 620 g/mol. The molecule has 0 spiro atoms. The lowest BCUT2D eigenvalue weighted by Gasteiger charge is -2.23. The van der Waals surface area contributed by atoms with E-state index in [1.54, 1.807) is 62.6 Å². The van der Waals surface area contributed by atoms with Crippen molar-refractivity contribution in [1.82, 2.24) is 9.88 Å². The van der Waals surface area contributed by atoms with Gasteiger partial charge >= 0.3 is 12.1 Å². The van der Waals surface area contributed by atoms with E-state index >= 15 is 0 Å². The van der Waals surface area contributed by atoms with Gasteiger partial charge in [-0.3, -0.25) is 0 Å².